The Balaban J connectivity index is 2.27. The molecule has 3 N–H and O–H groups in total. The number of hydrogen-bond acceptors (Lipinski definition) is 4. The van der Waals surface area contributed by atoms with Gasteiger partial charge in [-0.3, -0.25) is 4.68 Å². The quantitative estimate of drug-likeness (QED) is 0.703. The number of nitrogens with two attached hydrogens (primary N) is 1. The second-order valence-corrected chi connectivity index (χ2v) is 3.24. The number of nitrogen functional groups attached to an aromatic ring is 1. The van der Waals surface area contributed by atoms with Gasteiger partial charge in [-0.25, -0.2) is 4.79 Å². The second kappa shape index (κ2) is 3.30. The van der Waals surface area contributed by atoms with Crippen LogP contribution < -0.4 is 5.73 Å². The van der Waals surface area contributed by atoms with Crippen molar-refractivity contribution in [3.63, 3.8) is 0 Å². The van der Waals surface area contributed by atoms with Gasteiger partial charge in [-0.15, -0.1) is 0 Å². The first-order valence-corrected chi connectivity index (χ1v) is 4.34. The van der Waals surface area contributed by atoms with Crippen molar-refractivity contribution in [2.24, 2.45) is 0 Å². The molecule has 1 aromatic heterocycles. The molecule has 1 atom stereocenters. The van der Waals surface area contributed by atoms with Crippen LogP contribution in [0.3, 0.4) is 0 Å². The molecule has 1 aliphatic rings. The Morgan fingerprint density at radius 1 is 1.79 bits per heavy atom. The predicted molar refractivity (Wildman–Crippen MR) is 48.1 cm³/mol. The number of aromatic nitrogens is 2. The Morgan fingerprint density at radius 3 is 3.07 bits per heavy atom. The van der Waals surface area contributed by atoms with Crippen LogP contribution in [0, 0.1) is 0 Å². The van der Waals surface area contributed by atoms with Crippen LogP contribution in [0.25, 0.3) is 0 Å². The Labute approximate surface area is 80.3 Å². The molecule has 0 aromatic carbocycles. The van der Waals surface area contributed by atoms with Gasteiger partial charge in [-0.05, 0) is 6.42 Å². The zero-order valence-electron chi connectivity index (χ0n) is 7.51. The molecule has 6 nitrogen and oxygen atoms in total. The van der Waals surface area contributed by atoms with Crippen molar-refractivity contribution >= 4 is 11.7 Å². The molecule has 0 spiro atoms. The Kier molecular flexibility index (Phi) is 2.12. The van der Waals surface area contributed by atoms with E-state index in [1.807, 2.05) is 0 Å². The topological polar surface area (TPSA) is 90.4 Å². The van der Waals surface area contributed by atoms with E-state index in [2.05, 4.69) is 5.10 Å². The lowest BCUT2D eigenvalue weighted by atomic mass is 10.3. The molecule has 1 saturated heterocycles. The molecule has 2 rings (SSSR count). The molecule has 0 radical (unpaired) electrons. The predicted octanol–water partition coefficient (Wildman–Crippen LogP) is 0.125. The van der Waals surface area contributed by atoms with Gasteiger partial charge < -0.3 is 15.6 Å². The van der Waals surface area contributed by atoms with Gasteiger partial charge in [0, 0.05) is 12.8 Å². The number of hydrogen-bond donors (Lipinski definition) is 2. The lowest BCUT2D eigenvalue weighted by Gasteiger charge is -2.06. The highest BCUT2D eigenvalue weighted by Crippen LogP contribution is 2.20. The number of aromatic carboxylic acids is 1. The molecule has 1 unspecified atom stereocenters. The zero-order valence-corrected chi connectivity index (χ0v) is 7.51. The molecular weight excluding hydrogens is 186 g/mol. The molecular formula is C8H11N3O3. The third-order valence-corrected chi connectivity index (χ3v) is 2.24. The molecule has 76 valence electrons. The van der Waals surface area contributed by atoms with Crippen molar-refractivity contribution in [3.8, 4) is 0 Å². The maximum absolute atomic E-state index is 10.7. The minimum atomic E-state index is -1.10. The highest BCUT2D eigenvalue weighted by Gasteiger charge is 2.21. The summed E-state index contributed by atoms with van der Waals surface area (Å²) >= 11 is 0. The third-order valence-electron chi connectivity index (χ3n) is 2.24. The van der Waals surface area contributed by atoms with Crippen molar-refractivity contribution in [2.45, 2.75) is 12.5 Å². The Hall–Kier alpha value is -1.56. The van der Waals surface area contributed by atoms with Crippen LogP contribution >= 0.6 is 0 Å². The highest BCUT2D eigenvalue weighted by molar-refractivity contribution is 5.91. The fourth-order valence-electron chi connectivity index (χ4n) is 1.49. The van der Waals surface area contributed by atoms with Crippen LogP contribution in [0.5, 0.6) is 0 Å². The van der Waals surface area contributed by atoms with E-state index >= 15 is 0 Å². The molecule has 0 bridgehead atoms. The lowest BCUT2D eigenvalue weighted by molar-refractivity contribution is 0.0690. The van der Waals surface area contributed by atoms with Gasteiger partial charge in [0.1, 0.15) is 0 Å². The van der Waals surface area contributed by atoms with Crippen LogP contribution in [-0.4, -0.2) is 34.1 Å². The average molecular weight is 197 g/mol. The molecule has 1 fully saturated rings. The fourth-order valence-corrected chi connectivity index (χ4v) is 1.49. The number of carboxylic acids is 1. The van der Waals surface area contributed by atoms with E-state index in [4.69, 9.17) is 15.6 Å². The van der Waals surface area contributed by atoms with E-state index in [0.717, 1.165) is 6.42 Å². The van der Waals surface area contributed by atoms with Crippen LogP contribution in [-0.2, 0) is 4.74 Å². The summed E-state index contributed by atoms with van der Waals surface area (Å²) in [7, 11) is 0. The van der Waals surface area contributed by atoms with E-state index in [1.54, 1.807) is 10.9 Å². The molecule has 0 aliphatic carbocycles. The normalized spacial score (nSPS) is 21.3. The minimum absolute atomic E-state index is 0.0862. The zero-order chi connectivity index (χ0) is 10.1. The summed E-state index contributed by atoms with van der Waals surface area (Å²) in [6.07, 6.45) is 2.39. The van der Waals surface area contributed by atoms with Crippen LogP contribution in [0.1, 0.15) is 23.0 Å². The van der Waals surface area contributed by atoms with Gasteiger partial charge in [0.05, 0.1) is 18.3 Å². The van der Waals surface area contributed by atoms with Crippen LogP contribution in [0.15, 0.2) is 6.20 Å². The van der Waals surface area contributed by atoms with Gasteiger partial charge in [0.2, 0.25) is 0 Å². The number of rotatable bonds is 2. The van der Waals surface area contributed by atoms with E-state index in [-0.39, 0.29) is 17.4 Å². The first-order valence-electron chi connectivity index (χ1n) is 4.34. The number of nitrogens with zero attached hydrogens (tertiary/aromatic N) is 2. The molecule has 0 amide bonds. The van der Waals surface area contributed by atoms with Crippen molar-refractivity contribution in [3.05, 3.63) is 11.9 Å². The third kappa shape index (κ3) is 1.44. The summed E-state index contributed by atoms with van der Waals surface area (Å²) in [6, 6.07) is 0.116. The monoisotopic (exact) mass is 197 g/mol. The fraction of sp³-hybridized carbons (Fsp3) is 0.500. The van der Waals surface area contributed by atoms with Gasteiger partial charge in [-0.1, -0.05) is 0 Å². The number of carbonyl (C=O) groups is 1. The minimum Gasteiger partial charge on any atom is -0.476 e. The summed E-state index contributed by atoms with van der Waals surface area (Å²) in [6.45, 7) is 1.26. The van der Waals surface area contributed by atoms with Crippen molar-refractivity contribution in [1.82, 2.24) is 9.78 Å². The summed E-state index contributed by atoms with van der Waals surface area (Å²) < 4.78 is 6.75. The van der Waals surface area contributed by atoms with Gasteiger partial charge >= 0.3 is 5.97 Å². The second-order valence-electron chi connectivity index (χ2n) is 3.24. The molecule has 1 aromatic rings. The van der Waals surface area contributed by atoms with Gasteiger partial charge in [0.25, 0.3) is 0 Å². The number of carboxylic acid groups (broad SMARTS) is 1. The average Bonchev–Trinajstić information content (AvgIpc) is 2.70. The first-order chi connectivity index (χ1) is 6.68. The van der Waals surface area contributed by atoms with E-state index in [9.17, 15) is 4.79 Å². The SMILES string of the molecule is Nc1cn(C2CCOC2)nc1C(=O)O. The lowest BCUT2D eigenvalue weighted by Crippen LogP contribution is -2.10. The van der Waals surface area contributed by atoms with E-state index < -0.39 is 5.97 Å². The molecule has 14 heavy (non-hydrogen) atoms. The maximum Gasteiger partial charge on any atom is 0.358 e. The summed E-state index contributed by atoms with van der Waals surface area (Å²) in [5.74, 6) is -1.10. The number of anilines is 1. The van der Waals surface area contributed by atoms with Gasteiger partial charge in [0.15, 0.2) is 5.69 Å². The molecule has 6 heteroatoms. The highest BCUT2D eigenvalue weighted by atomic mass is 16.5. The van der Waals surface area contributed by atoms with Crippen molar-refractivity contribution < 1.29 is 14.6 Å². The maximum atomic E-state index is 10.7. The standard InChI is InChI=1S/C8H11N3O3/c9-6-3-11(5-1-2-14-4-5)10-7(6)8(12)13/h3,5H,1-2,4,9H2,(H,12,13). The summed E-state index contributed by atoms with van der Waals surface area (Å²) in [5.41, 5.74) is 5.62. The Morgan fingerprint density at radius 2 is 2.57 bits per heavy atom. The number of ether oxygens (including phenoxy) is 1. The smallest absolute Gasteiger partial charge is 0.358 e. The van der Waals surface area contributed by atoms with E-state index in [1.165, 1.54) is 0 Å². The van der Waals surface area contributed by atoms with Crippen LogP contribution in [0.4, 0.5) is 5.69 Å². The molecule has 1 aliphatic heterocycles. The van der Waals surface area contributed by atoms with Crippen LogP contribution in [0.2, 0.25) is 0 Å². The van der Waals surface area contributed by atoms with Crippen molar-refractivity contribution in [2.75, 3.05) is 18.9 Å². The molecule has 2 heterocycles. The van der Waals surface area contributed by atoms with E-state index in [0.29, 0.717) is 13.2 Å². The summed E-state index contributed by atoms with van der Waals surface area (Å²) in [5, 5.41) is 12.6. The first kappa shape index (κ1) is 9.01. The van der Waals surface area contributed by atoms with Crippen molar-refractivity contribution in [1.29, 1.82) is 0 Å². The molecule has 0 saturated carbocycles. The largest absolute Gasteiger partial charge is 0.476 e. The summed E-state index contributed by atoms with van der Waals surface area (Å²) in [4.78, 5) is 10.7. The Bertz CT molecular complexity index is 355. The van der Waals surface area contributed by atoms with Gasteiger partial charge in [-0.2, -0.15) is 5.10 Å².